The van der Waals surface area contributed by atoms with Gasteiger partial charge in [-0.2, -0.15) is 0 Å². The Balaban J connectivity index is 1.00. The average Bonchev–Trinajstić information content (AvgIpc) is 3.47. The third-order valence-corrected chi connectivity index (χ3v) is 8.55. The van der Waals surface area contributed by atoms with Crippen LogP contribution in [-0.4, -0.2) is 72.0 Å². The van der Waals surface area contributed by atoms with Crippen molar-refractivity contribution in [3.63, 3.8) is 0 Å². The van der Waals surface area contributed by atoms with Crippen LogP contribution in [0.4, 0.5) is 5.82 Å². The number of fused-ring (bicyclic) bond motifs is 4. The predicted molar refractivity (Wildman–Crippen MR) is 150 cm³/mol. The number of carbonyl (C=O) groups excluding carboxylic acids is 2. The highest BCUT2D eigenvalue weighted by atomic mass is 16.5. The molecular weight excluding hydrogens is 506 g/mol. The number of benzene rings is 2. The number of amides is 2. The normalized spacial score (nSPS) is 23.4. The molecule has 1 aromatic heterocycles. The summed E-state index contributed by atoms with van der Waals surface area (Å²) in [5.74, 6) is 2.77. The summed E-state index contributed by atoms with van der Waals surface area (Å²) in [5, 5.41) is 6.00. The SMILES string of the molecule is Cc1cc(C(=O)NC2C3Oc4ccc(Oc5ccnc6c5CCC(=O)N6)cc4C23)ccc1CN1CCN(C)CC1. The van der Waals surface area contributed by atoms with E-state index in [0.717, 1.165) is 55.2 Å². The van der Waals surface area contributed by atoms with E-state index in [1.54, 1.807) is 6.20 Å². The fraction of sp³-hybridized carbons (Fsp3) is 0.387. The molecule has 2 amide bonds. The summed E-state index contributed by atoms with van der Waals surface area (Å²) >= 11 is 0. The Hall–Kier alpha value is -3.95. The zero-order valence-electron chi connectivity index (χ0n) is 22.8. The molecule has 0 radical (unpaired) electrons. The van der Waals surface area contributed by atoms with Crippen molar-refractivity contribution in [2.75, 3.05) is 38.5 Å². The molecule has 4 aliphatic rings. The lowest BCUT2D eigenvalue weighted by atomic mass is 10.0. The van der Waals surface area contributed by atoms with Crippen LogP contribution in [0.15, 0.2) is 48.7 Å². The summed E-state index contributed by atoms with van der Waals surface area (Å²) < 4.78 is 12.4. The number of aromatic nitrogens is 1. The average molecular weight is 540 g/mol. The van der Waals surface area contributed by atoms with E-state index in [4.69, 9.17) is 9.47 Å². The van der Waals surface area contributed by atoms with Crippen molar-refractivity contribution in [3.8, 4) is 17.2 Å². The maximum Gasteiger partial charge on any atom is 0.251 e. The number of piperazine rings is 1. The van der Waals surface area contributed by atoms with Gasteiger partial charge in [-0.05, 0) is 67.9 Å². The lowest BCUT2D eigenvalue weighted by Gasteiger charge is -2.32. The summed E-state index contributed by atoms with van der Waals surface area (Å²) in [6.45, 7) is 7.32. The molecule has 40 heavy (non-hydrogen) atoms. The van der Waals surface area contributed by atoms with Gasteiger partial charge >= 0.3 is 0 Å². The van der Waals surface area contributed by atoms with Gasteiger partial charge in [0.05, 0.1) is 12.0 Å². The molecule has 206 valence electrons. The summed E-state index contributed by atoms with van der Waals surface area (Å²) in [6.07, 6.45) is 2.58. The molecular formula is C31H33N5O4. The highest BCUT2D eigenvalue weighted by Gasteiger charge is 2.59. The summed E-state index contributed by atoms with van der Waals surface area (Å²) in [4.78, 5) is 34.0. The highest BCUT2D eigenvalue weighted by Crippen LogP contribution is 2.54. The van der Waals surface area contributed by atoms with Gasteiger partial charge in [0, 0.05) is 62.0 Å². The number of likely N-dealkylation sites (N-methyl/N-ethyl adjacent to an activating group) is 1. The van der Waals surface area contributed by atoms with Crippen molar-refractivity contribution >= 4 is 17.6 Å². The number of carbonyl (C=O) groups is 2. The fourth-order valence-electron chi connectivity index (χ4n) is 6.05. The second kappa shape index (κ2) is 9.91. The maximum absolute atomic E-state index is 13.2. The van der Waals surface area contributed by atoms with E-state index in [9.17, 15) is 9.59 Å². The van der Waals surface area contributed by atoms with Gasteiger partial charge in [0.25, 0.3) is 5.91 Å². The molecule has 0 spiro atoms. The van der Waals surface area contributed by atoms with Gasteiger partial charge in [-0.1, -0.05) is 6.07 Å². The number of ether oxygens (including phenoxy) is 2. The monoisotopic (exact) mass is 539 g/mol. The standard InChI is InChI=1S/C31H33N5O4/c1-18-15-19(3-4-20(18)17-36-13-11-35(2)12-14-36)31(38)34-28-27-23-16-21(5-7-24(23)40-29(27)28)39-25-9-10-32-30-22(25)6-8-26(37)33-30/h3-5,7,9-10,15-16,27-29H,6,8,11-14,17H2,1-2H3,(H,34,38)(H,32,33,37). The molecule has 4 heterocycles. The second-order valence-corrected chi connectivity index (χ2v) is 11.3. The first-order valence-electron chi connectivity index (χ1n) is 14.0. The van der Waals surface area contributed by atoms with E-state index in [0.29, 0.717) is 35.7 Å². The molecule has 9 nitrogen and oxygen atoms in total. The minimum absolute atomic E-state index is 0.0311. The van der Waals surface area contributed by atoms with Gasteiger partial charge in [-0.3, -0.25) is 14.5 Å². The predicted octanol–water partition coefficient (Wildman–Crippen LogP) is 3.47. The first-order chi connectivity index (χ1) is 19.4. The van der Waals surface area contributed by atoms with Crippen LogP contribution in [-0.2, 0) is 17.8 Å². The molecule has 2 aromatic carbocycles. The lowest BCUT2D eigenvalue weighted by molar-refractivity contribution is -0.116. The van der Waals surface area contributed by atoms with Gasteiger partial charge in [0.1, 0.15) is 29.2 Å². The van der Waals surface area contributed by atoms with E-state index in [1.165, 1.54) is 5.56 Å². The molecule has 1 aliphatic carbocycles. The van der Waals surface area contributed by atoms with Crippen LogP contribution in [0.1, 0.15) is 45.0 Å². The zero-order valence-corrected chi connectivity index (χ0v) is 22.8. The summed E-state index contributed by atoms with van der Waals surface area (Å²) in [7, 11) is 2.16. The molecule has 3 aliphatic heterocycles. The Bertz CT molecular complexity index is 1500. The van der Waals surface area contributed by atoms with Crippen LogP contribution in [0.5, 0.6) is 17.2 Å². The molecule has 2 fully saturated rings. The van der Waals surface area contributed by atoms with Crippen molar-refractivity contribution in [2.24, 2.45) is 0 Å². The van der Waals surface area contributed by atoms with E-state index < -0.39 is 0 Å². The Morgan fingerprint density at radius 1 is 1.12 bits per heavy atom. The van der Waals surface area contributed by atoms with Crippen molar-refractivity contribution in [1.82, 2.24) is 20.1 Å². The minimum atomic E-state index is -0.0725. The molecule has 3 atom stereocenters. The lowest BCUT2D eigenvalue weighted by Crippen LogP contribution is -2.43. The maximum atomic E-state index is 13.2. The van der Waals surface area contributed by atoms with Crippen LogP contribution < -0.4 is 20.1 Å². The van der Waals surface area contributed by atoms with Gasteiger partial charge in [0.15, 0.2) is 0 Å². The number of pyridine rings is 1. The van der Waals surface area contributed by atoms with Crippen molar-refractivity contribution in [2.45, 2.75) is 44.4 Å². The fourth-order valence-corrected chi connectivity index (χ4v) is 6.05. The Morgan fingerprint density at radius 2 is 1.98 bits per heavy atom. The van der Waals surface area contributed by atoms with Gasteiger partial charge < -0.3 is 25.0 Å². The van der Waals surface area contributed by atoms with Crippen LogP contribution in [0.2, 0.25) is 0 Å². The number of aryl methyl sites for hydroxylation is 1. The second-order valence-electron chi connectivity index (χ2n) is 11.3. The molecule has 9 heteroatoms. The van der Waals surface area contributed by atoms with Gasteiger partial charge in [-0.15, -0.1) is 0 Å². The van der Waals surface area contributed by atoms with E-state index >= 15 is 0 Å². The largest absolute Gasteiger partial charge is 0.487 e. The smallest absolute Gasteiger partial charge is 0.251 e. The van der Waals surface area contributed by atoms with Gasteiger partial charge in [0.2, 0.25) is 5.91 Å². The summed E-state index contributed by atoms with van der Waals surface area (Å²) in [6, 6.07) is 13.6. The zero-order chi connectivity index (χ0) is 27.4. The van der Waals surface area contributed by atoms with Crippen LogP contribution >= 0.6 is 0 Å². The number of hydrogen-bond donors (Lipinski definition) is 2. The molecule has 1 saturated heterocycles. The first-order valence-corrected chi connectivity index (χ1v) is 14.0. The topological polar surface area (TPSA) is 96.0 Å². The van der Waals surface area contributed by atoms with Crippen LogP contribution in [0.25, 0.3) is 0 Å². The number of nitrogens with zero attached hydrogens (tertiary/aromatic N) is 3. The number of nitrogens with one attached hydrogen (secondary N) is 2. The Labute approximate surface area is 233 Å². The van der Waals surface area contributed by atoms with E-state index in [1.807, 2.05) is 36.4 Å². The minimum Gasteiger partial charge on any atom is -0.487 e. The van der Waals surface area contributed by atoms with Crippen molar-refractivity contribution in [3.05, 3.63) is 76.5 Å². The number of rotatable bonds is 6. The Morgan fingerprint density at radius 3 is 2.80 bits per heavy atom. The van der Waals surface area contributed by atoms with Crippen molar-refractivity contribution < 1.29 is 19.1 Å². The van der Waals surface area contributed by atoms with Crippen molar-refractivity contribution in [1.29, 1.82) is 0 Å². The third kappa shape index (κ3) is 4.69. The molecule has 3 unspecified atom stereocenters. The van der Waals surface area contributed by atoms with E-state index in [2.05, 4.69) is 45.5 Å². The van der Waals surface area contributed by atoms with Crippen LogP contribution in [0, 0.1) is 6.92 Å². The molecule has 0 bridgehead atoms. The molecule has 3 aromatic rings. The van der Waals surface area contributed by atoms with Crippen LogP contribution in [0.3, 0.4) is 0 Å². The number of anilines is 1. The van der Waals surface area contributed by atoms with E-state index in [-0.39, 0.29) is 29.9 Å². The number of hydrogen-bond acceptors (Lipinski definition) is 7. The first kappa shape index (κ1) is 25.0. The quantitative estimate of drug-likeness (QED) is 0.495. The van der Waals surface area contributed by atoms with Gasteiger partial charge in [-0.25, -0.2) is 4.98 Å². The Kier molecular flexibility index (Phi) is 6.20. The third-order valence-electron chi connectivity index (χ3n) is 8.55. The molecule has 2 N–H and O–H groups in total. The summed E-state index contributed by atoms with van der Waals surface area (Å²) in [5.41, 5.74) is 5.04. The highest BCUT2D eigenvalue weighted by molar-refractivity contribution is 5.95. The molecule has 1 saturated carbocycles. The molecule has 7 rings (SSSR count).